The van der Waals surface area contributed by atoms with Crippen molar-refractivity contribution in [3.63, 3.8) is 0 Å². The van der Waals surface area contributed by atoms with Crippen LogP contribution in [-0.4, -0.2) is 22.7 Å². The summed E-state index contributed by atoms with van der Waals surface area (Å²) in [6.07, 6.45) is 0. The summed E-state index contributed by atoms with van der Waals surface area (Å²) in [6, 6.07) is 1.76. The molecule has 0 aromatic carbocycles. The van der Waals surface area contributed by atoms with Crippen molar-refractivity contribution < 1.29 is 4.79 Å². The fourth-order valence-corrected chi connectivity index (χ4v) is 1.36. The van der Waals surface area contributed by atoms with Gasteiger partial charge in [-0.1, -0.05) is 0 Å². The highest BCUT2D eigenvalue weighted by Gasteiger charge is 2.07. The maximum atomic E-state index is 11.2. The lowest BCUT2D eigenvalue weighted by molar-refractivity contribution is 0.0952. The smallest absolute Gasteiger partial charge is 0.271 e. The van der Waals surface area contributed by atoms with Crippen LogP contribution in [0.2, 0.25) is 0 Å². The maximum Gasteiger partial charge on any atom is 0.271 e. The third kappa shape index (κ3) is 2.46. The molecule has 0 spiro atoms. The SMILES string of the molecule is Cc1cc(C(=O)NCCCl)ns1. The van der Waals surface area contributed by atoms with Crippen molar-refractivity contribution in [1.29, 1.82) is 0 Å². The lowest BCUT2D eigenvalue weighted by Crippen LogP contribution is -2.25. The number of nitrogens with zero attached hydrogens (tertiary/aromatic N) is 1. The summed E-state index contributed by atoms with van der Waals surface area (Å²) in [6.45, 7) is 2.40. The zero-order valence-corrected chi connectivity index (χ0v) is 8.21. The summed E-state index contributed by atoms with van der Waals surface area (Å²) in [7, 11) is 0. The average Bonchev–Trinajstić information content (AvgIpc) is 2.47. The second-order valence-electron chi connectivity index (χ2n) is 2.27. The van der Waals surface area contributed by atoms with Crippen molar-refractivity contribution in [2.75, 3.05) is 12.4 Å². The van der Waals surface area contributed by atoms with E-state index in [0.29, 0.717) is 18.1 Å². The molecule has 0 radical (unpaired) electrons. The molecular formula is C7H9ClN2OS. The average molecular weight is 205 g/mol. The number of nitrogens with one attached hydrogen (secondary N) is 1. The third-order valence-electron chi connectivity index (χ3n) is 1.24. The van der Waals surface area contributed by atoms with E-state index < -0.39 is 0 Å². The molecule has 5 heteroatoms. The molecule has 1 aromatic heterocycles. The number of amides is 1. The van der Waals surface area contributed by atoms with Crippen LogP contribution < -0.4 is 5.32 Å². The molecule has 1 amide bonds. The molecule has 3 nitrogen and oxygen atoms in total. The number of alkyl halides is 1. The Balaban J connectivity index is 2.53. The van der Waals surface area contributed by atoms with Gasteiger partial charge in [0.1, 0.15) is 5.69 Å². The van der Waals surface area contributed by atoms with Gasteiger partial charge in [-0.3, -0.25) is 4.79 Å². The lowest BCUT2D eigenvalue weighted by atomic mass is 10.3. The maximum absolute atomic E-state index is 11.2. The van der Waals surface area contributed by atoms with Gasteiger partial charge in [0.05, 0.1) is 0 Å². The topological polar surface area (TPSA) is 42.0 Å². The van der Waals surface area contributed by atoms with Crippen LogP contribution in [0.5, 0.6) is 0 Å². The van der Waals surface area contributed by atoms with E-state index in [2.05, 4.69) is 9.69 Å². The summed E-state index contributed by atoms with van der Waals surface area (Å²) < 4.78 is 3.96. The number of hydrogen-bond acceptors (Lipinski definition) is 3. The summed E-state index contributed by atoms with van der Waals surface area (Å²) in [4.78, 5) is 12.2. The lowest BCUT2D eigenvalue weighted by Gasteiger charge is -1.97. The molecule has 0 fully saturated rings. The minimum Gasteiger partial charge on any atom is -0.349 e. The van der Waals surface area contributed by atoms with Gasteiger partial charge in [0, 0.05) is 17.3 Å². The normalized spacial score (nSPS) is 9.83. The van der Waals surface area contributed by atoms with Crippen molar-refractivity contribution in [3.8, 4) is 0 Å². The van der Waals surface area contributed by atoms with Crippen molar-refractivity contribution in [3.05, 3.63) is 16.6 Å². The standard InChI is InChI=1S/C7H9ClN2OS/c1-5-4-6(10-12-5)7(11)9-3-2-8/h4H,2-3H2,1H3,(H,9,11). The van der Waals surface area contributed by atoms with Crippen LogP contribution >= 0.6 is 23.1 Å². The van der Waals surface area contributed by atoms with Gasteiger partial charge in [-0.2, -0.15) is 4.37 Å². The molecule has 1 aromatic rings. The Labute approximate surface area is 79.9 Å². The number of carbonyl (C=O) groups excluding carboxylic acids is 1. The number of rotatable bonds is 3. The van der Waals surface area contributed by atoms with Crippen LogP contribution in [0, 0.1) is 6.92 Å². The molecule has 0 unspecified atom stereocenters. The molecule has 0 saturated heterocycles. The van der Waals surface area contributed by atoms with Crippen LogP contribution in [0.4, 0.5) is 0 Å². The molecule has 0 aliphatic carbocycles. The van der Waals surface area contributed by atoms with E-state index >= 15 is 0 Å². The van der Waals surface area contributed by atoms with Crippen molar-refractivity contribution in [2.24, 2.45) is 0 Å². The van der Waals surface area contributed by atoms with E-state index in [1.54, 1.807) is 6.07 Å². The van der Waals surface area contributed by atoms with Gasteiger partial charge in [0.25, 0.3) is 5.91 Å². The number of hydrogen-bond donors (Lipinski definition) is 1. The third-order valence-corrected chi connectivity index (χ3v) is 2.12. The highest BCUT2D eigenvalue weighted by Crippen LogP contribution is 2.07. The minimum atomic E-state index is -0.153. The highest BCUT2D eigenvalue weighted by molar-refractivity contribution is 7.05. The zero-order valence-electron chi connectivity index (χ0n) is 6.63. The first-order valence-electron chi connectivity index (χ1n) is 3.51. The largest absolute Gasteiger partial charge is 0.349 e. The highest BCUT2D eigenvalue weighted by atomic mass is 35.5. The second kappa shape index (κ2) is 4.42. The first-order valence-corrected chi connectivity index (χ1v) is 4.82. The van der Waals surface area contributed by atoms with Crippen molar-refractivity contribution >= 4 is 29.0 Å². The minimum absolute atomic E-state index is 0.153. The van der Waals surface area contributed by atoms with E-state index in [0.717, 1.165) is 4.88 Å². The van der Waals surface area contributed by atoms with Crippen molar-refractivity contribution in [1.82, 2.24) is 9.69 Å². The van der Waals surface area contributed by atoms with Crippen molar-refractivity contribution in [2.45, 2.75) is 6.92 Å². The summed E-state index contributed by atoms with van der Waals surface area (Å²) in [5.74, 6) is 0.273. The van der Waals surface area contributed by atoms with Crippen LogP contribution in [-0.2, 0) is 0 Å². The Morgan fingerprint density at radius 1 is 1.83 bits per heavy atom. The monoisotopic (exact) mass is 204 g/mol. The van der Waals surface area contributed by atoms with Gasteiger partial charge in [0.2, 0.25) is 0 Å². The van der Waals surface area contributed by atoms with Gasteiger partial charge >= 0.3 is 0 Å². The second-order valence-corrected chi connectivity index (χ2v) is 3.65. The van der Waals surface area contributed by atoms with E-state index in [9.17, 15) is 4.79 Å². The molecule has 1 rings (SSSR count). The number of aromatic nitrogens is 1. The number of aryl methyl sites for hydroxylation is 1. The van der Waals surface area contributed by atoms with Gasteiger partial charge < -0.3 is 5.32 Å². The Hall–Kier alpha value is -0.610. The Kier molecular flexibility index (Phi) is 3.49. The van der Waals surface area contributed by atoms with Gasteiger partial charge in [-0.15, -0.1) is 11.6 Å². The predicted molar refractivity (Wildman–Crippen MR) is 49.9 cm³/mol. The molecular weight excluding hydrogens is 196 g/mol. The summed E-state index contributed by atoms with van der Waals surface area (Å²) >= 11 is 6.73. The molecule has 0 atom stereocenters. The molecule has 0 saturated carbocycles. The van der Waals surface area contributed by atoms with Crippen LogP contribution in [0.1, 0.15) is 15.4 Å². The van der Waals surface area contributed by atoms with Crippen LogP contribution in [0.25, 0.3) is 0 Å². The Morgan fingerprint density at radius 2 is 2.58 bits per heavy atom. The predicted octanol–water partition coefficient (Wildman–Crippen LogP) is 1.42. The molecule has 0 aliphatic rings. The van der Waals surface area contributed by atoms with E-state index in [1.807, 2.05) is 6.92 Å². The molecule has 0 bridgehead atoms. The molecule has 0 aliphatic heterocycles. The fourth-order valence-electron chi connectivity index (χ4n) is 0.725. The summed E-state index contributed by atoms with van der Waals surface area (Å²) in [5.41, 5.74) is 0.475. The van der Waals surface area contributed by atoms with E-state index in [1.165, 1.54) is 11.5 Å². The number of halogens is 1. The van der Waals surface area contributed by atoms with Gasteiger partial charge in [-0.05, 0) is 24.5 Å². The van der Waals surface area contributed by atoms with Gasteiger partial charge in [-0.25, -0.2) is 0 Å². The van der Waals surface area contributed by atoms with E-state index in [-0.39, 0.29) is 5.91 Å². The van der Waals surface area contributed by atoms with Gasteiger partial charge in [0.15, 0.2) is 0 Å². The summed E-state index contributed by atoms with van der Waals surface area (Å²) in [5, 5.41) is 2.64. The fraction of sp³-hybridized carbons (Fsp3) is 0.429. The molecule has 1 heterocycles. The Bertz CT molecular complexity index is 274. The first-order chi connectivity index (χ1) is 5.74. The quantitative estimate of drug-likeness (QED) is 0.757. The Morgan fingerprint density at radius 3 is 3.08 bits per heavy atom. The number of carbonyl (C=O) groups is 1. The van der Waals surface area contributed by atoms with Crippen LogP contribution in [0.3, 0.4) is 0 Å². The molecule has 66 valence electrons. The first kappa shape index (κ1) is 9.48. The zero-order chi connectivity index (χ0) is 8.97. The van der Waals surface area contributed by atoms with E-state index in [4.69, 9.17) is 11.6 Å². The van der Waals surface area contributed by atoms with Crippen LogP contribution in [0.15, 0.2) is 6.07 Å². The molecule has 12 heavy (non-hydrogen) atoms. The molecule has 1 N–H and O–H groups in total.